The van der Waals surface area contributed by atoms with Gasteiger partial charge in [0.2, 0.25) is 5.91 Å². The summed E-state index contributed by atoms with van der Waals surface area (Å²) in [6.45, 7) is 2.14. The lowest BCUT2D eigenvalue weighted by Gasteiger charge is -2.18. The van der Waals surface area contributed by atoms with Crippen molar-refractivity contribution in [3.05, 3.63) is 95.6 Å². The molecule has 0 radical (unpaired) electrons. The summed E-state index contributed by atoms with van der Waals surface area (Å²) < 4.78 is 5.51. The number of amides is 2. The maximum absolute atomic E-state index is 12.5. The number of hydrogen-bond acceptors (Lipinski definition) is 4. The van der Waals surface area contributed by atoms with Crippen LogP contribution < -0.4 is 10.6 Å². The summed E-state index contributed by atoms with van der Waals surface area (Å²) in [6, 6.07) is 23.6. The van der Waals surface area contributed by atoms with Crippen LogP contribution in [0.25, 0.3) is 11.1 Å². The molecule has 3 N–H and O–H groups in total. The second-order valence-electron chi connectivity index (χ2n) is 8.63. The summed E-state index contributed by atoms with van der Waals surface area (Å²) in [5.74, 6) is -2.04. The average Bonchev–Trinajstić information content (AvgIpc) is 3.19. The molecule has 0 saturated heterocycles. The first-order chi connectivity index (χ1) is 17.0. The fourth-order valence-electron chi connectivity index (χ4n) is 4.39. The molecular weight excluding hydrogens is 444 g/mol. The second kappa shape index (κ2) is 10.9. The standard InChI is InChI=1S/C28H28N2O5/c1-18(26(31)30-25(27(32)33)19-9-3-2-4-10-19)15-16-29-28(34)35-17-24-22-13-7-5-11-20(22)21-12-6-8-14-23(21)24/h2-14,18,24-25H,15-17H2,1H3,(H,29,34)(H,30,31)(H,32,33)/t18?,25-/m0/s1. The number of hydrogen-bond donors (Lipinski definition) is 3. The summed E-state index contributed by atoms with van der Waals surface area (Å²) in [5, 5.41) is 14.7. The Bertz CT molecular complexity index is 1170. The number of benzene rings is 3. The van der Waals surface area contributed by atoms with Gasteiger partial charge in [0.25, 0.3) is 0 Å². The number of nitrogens with one attached hydrogen (secondary N) is 2. The molecule has 1 unspecified atom stereocenters. The minimum atomic E-state index is -1.13. The van der Waals surface area contributed by atoms with E-state index in [1.54, 1.807) is 37.3 Å². The summed E-state index contributed by atoms with van der Waals surface area (Å²) in [4.78, 5) is 36.4. The Balaban J connectivity index is 1.25. The van der Waals surface area contributed by atoms with Crippen LogP contribution in [-0.2, 0) is 14.3 Å². The highest BCUT2D eigenvalue weighted by Crippen LogP contribution is 2.44. The number of carboxylic acids is 1. The molecule has 0 fully saturated rings. The maximum atomic E-state index is 12.5. The smallest absolute Gasteiger partial charge is 0.407 e. The zero-order valence-electron chi connectivity index (χ0n) is 19.4. The number of rotatable bonds is 9. The summed E-state index contributed by atoms with van der Waals surface area (Å²) in [6.07, 6.45) is -0.205. The first kappa shape index (κ1) is 24.0. The van der Waals surface area contributed by atoms with Gasteiger partial charge in [0.15, 0.2) is 6.04 Å². The van der Waals surface area contributed by atoms with E-state index < -0.39 is 29.9 Å². The van der Waals surface area contributed by atoms with E-state index >= 15 is 0 Å². The van der Waals surface area contributed by atoms with Gasteiger partial charge in [-0.2, -0.15) is 0 Å². The molecule has 7 nitrogen and oxygen atoms in total. The average molecular weight is 473 g/mol. The van der Waals surface area contributed by atoms with Crippen LogP contribution in [0.3, 0.4) is 0 Å². The summed E-state index contributed by atoms with van der Waals surface area (Å²) in [5.41, 5.74) is 5.09. The molecule has 2 amide bonds. The van der Waals surface area contributed by atoms with Gasteiger partial charge >= 0.3 is 12.1 Å². The Kier molecular flexibility index (Phi) is 7.45. The van der Waals surface area contributed by atoms with Crippen molar-refractivity contribution in [1.29, 1.82) is 0 Å². The van der Waals surface area contributed by atoms with Gasteiger partial charge in [-0.05, 0) is 34.2 Å². The molecule has 180 valence electrons. The van der Waals surface area contributed by atoms with E-state index in [-0.39, 0.29) is 19.1 Å². The molecule has 7 heteroatoms. The zero-order valence-corrected chi connectivity index (χ0v) is 19.4. The molecule has 0 saturated carbocycles. The summed E-state index contributed by atoms with van der Waals surface area (Å²) in [7, 11) is 0. The minimum Gasteiger partial charge on any atom is -0.479 e. The highest BCUT2D eigenvalue weighted by Gasteiger charge is 2.29. The first-order valence-corrected chi connectivity index (χ1v) is 11.6. The van der Waals surface area contributed by atoms with Crippen LogP contribution in [0.1, 0.15) is 42.0 Å². The molecule has 0 aliphatic heterocycles. The van der Waals surface area contributed by atoms with Gasteiger partial charge in [-0.15, -0.1) is 0 Å². The van der Waals surface area contributed by atoms with Gasteiger partial charge < -0.3 is 20.5 Å². The van der Waals surface area contributed by atoms with Crippen molar-refractivity contribution < 1.29 is 24.2 Å². The van der Waals surface area contributed by atoms with Gasteiger partial charge in [0, 0.05) is 18.4 Å². The van der Waals surface area contributed by atoms with E-state index in [9.17, 15) is 19.5 Å². The fourth-order valence-corrected chi connectivity index (χ4v) is 4.39. The van der Waals surface area contributed by atoms with Crippen LogP contribution >= 0.6 is 0 Å². The monoisotopic (exact) mass is 472 g/mol. The molecule has 0 spiro atoms. The van der Waals surface area contributed by atoms with Crippen LogP contribution in [-0.4, -0.2) is 36.2 Å². The highest BCUT2D eigenvalue weighted by molar-refractivity contribution is 5.85. The largest absolute Gasteiger partial charge is 0.479 e. The molecule has 2 atom stereocenters. The Labute approximate surface area is 204 Å². The number of fused-ring (bicyclic) bond motifs is 3. The minimum absolute atomic E-state index is 0.0243. The van der Waals surface area contributed by atoms with Crippen molar-refractivity contribution in [2.24, 2.45) is 5.92 Å². The normalized spacial score (nSPS) is 13.7. The first-order valence-electron chi connectivity index (χ1n) is 11.6. The lowest BCUT2D eigenvalue weighted by Crippen LogP contribution is -2.38. The molecule has 1 aliphatic carbocycles. The number of carboxylic acid groups (broad SMARTS) is 1. The quantitative estimate of drug-likeness (QED) is 0.426. The Hall–Kier alpha value is -4.13. The SMILES string of the molecule is CC(CCNC(=O)OCC1c2ccccc2-c2ccccc21)C(=O)N[C@H](C(=O)O)c1ccccc1. The third-order valence-electron chi connectivity index (χ3n) is 6.30. The van der Waals surface area contributed by atoms with Crippen LogP contribution in [0, 0.1) is 5.92 Å². The van der Waals surface area contributed by atoms with Crippen LogP contribution in [0.15, 0.2) is 78.9 Å². The third kappa shape index (κ3) is 5.51. The van der Waals surface area contributed by atoms with E-state index in [0.717, 1.165) is 22.3 Å². The topological polar surface area (TPSA) is 105 Å². The van der Waals surface area contributed by atoms with Gasteiger partial charge in [0.1, 0.15) is 6.61 Å². The predicted molar refractivity (Wildman–Crippen MR) is 132 cm³/mol. The number of aliphatic carboxylic acids is 1. The van der Waals surface area contributed by atoms with Crippen LogP contribution in [0.2, 0.25) is 0 Å². The van der Waals surface area contributed by atoms with Gasteiger partial charge in [-0.1, -0.05) is 85.8 Å². The molecule has 35 heavy (non-hydrogen) atoms. The van der Waals surface area contributed by atoms with E-state index in [1.165, 1.54) is 0 Å². The van der Waals surface area contributed by atoms with Crippen molar-refractivity contribution in [3.63, 3.8) is 0 Å². The van der Waals surface area contributed by atoms with Crippen molar-refractivity contribution in [3.8, 4) is 11.1 Å². The predicted octanol–water partition coefficient (Wildman–Crippen LogP) is 4.49. The number of alkyl carbamates (subject to hydrolysis) is 1. The molecule has 1 aliphatic rings. The fraction of sp³-hybridized carbons (Fsp3) is 0.250. The second-order valence-corrected chi connectivity index (χ2v) is 8.63. The zero-order chi connectivity index (χ0) is 24.8. The molecule has 0 bridgehead atoms. The Morgan fingerprint density at radius 2 is 1.46 bits per heavy atom. The van der Waals surface area contributed by atoms with E-state index in [0.29, 0.717) is 12.0 Å². The van der Waals surface area contributed by atoms with Crippen molar-refractivity contribution in [1.82, 2.24) is 10.6 Å². The lowest BCUT2D eigenvalue weighted by atomic mass is 9.98. The Morgan fingerprint density at radius 3 is 2.06 bits per heavy atom. The summed E-state index contributed by atoms with van der Waals surface area (Å²) >= 11 is 0. The van der Waals surface area contributed by atoms with Crippen molar-refractivity contribution in [2.45, 2.75) is 25.3 Å². The van der Waals surface area contributed by atoms with E-state index in [2.05, 4.69) is 34.9 Å². The van der Waals surface area contributed by atoms with Crippen molar-refractivity contribution in [2.75, 3.05) is 13.2 Å². The van der Waals surface area contributed by atoms with Crippen LogP contribution in [0.5, 0.6) is 0 Å². The number of carbonyl (C=O) groups is 3. The highest BCUT2D eigenvalue weighted by atomic mass is 16.5. The maximum Gasteiger partial charge on any atom is 0.407 e. The molecule has 0 aromatic heterocycles. The lowest BCUT2D eigenvalue weighted by molar-refractivity contribution is -0.142. The van der Waals surface area contributed by atoms with Gasteiger partial charge in [0.05, 0.1) is 0 Å². The molecule has 3 aromatic carbocycles. The molecular formula is C28H28N2O5. The third-order valence-corrected chi connectivity index (χ3v) is 6.30. The van der Waals surface area contributed by atoms with Crippen molar-refractivity contribution >= 4 is 18.0 Å². The van der Waals surface area contributed by atoms with E-state index in [4.69, 9.17) is 4.74 Å². The number of carbonyl (C=O) groups excluding carboxylic acids is 2. The van der Waals surface area contributed by atoms with Gasteiger partial charge in [-0.25, -0.2) is 9.59 Å². The molecule has 3 aromatic rings. The molecule has 0 heterocycles. The van der Waals surface area contributed by atoms with E-state index in [1.807, 2.05) is 24.3 Å². The van der Waals surface area contributed by atoms with Gasteiger partial charge in [-0.3, -0.25) is 4.79 Å². The number of ether oxygens (including phenoxy) is 1. The molecule has 4 rings (SSSR count). The van der Waals surface area contributed by atoms with Crippen LogP contribution in [0.4, 0.5) is 4.79 Å². The Morgan fingerprint density at radius 1 is 0.886 bits per heavy atom.